The van der Waals surface area contributed by atoms with Gasteiger partial charge in [-0.15, -0.1) is 11.1 Å². The number of aryl methyl sites for hydroxylation is 1. The molecule has 2 amide bonds. The largest absolute Gasteiger partial charge is 0.274 e. The normalized spacial score (nSPS) is 16.5. The number of fused-ring (bicyclic) bond motifs is 1. The summed E-state index contributed by atoms with van der Waals surface area (Å²) in [5.41, 5.74) is 3.29. The van der Waals surface area contributed by atoms with Crippen LogP contribution in [0.2, 0.25) is 0 Å². The van der Waals surface area contributed by atoms with Gasteiger partial charge in [0.25, 0.3) is 11.8 Å². The first kappa shape index (κ1) is 26.4. The fourth-order valence-electron chi connectivity index (χ4n) is 3.63. The number of carbonyl (C=O) groups is 2. The molecular formula is C24H30ClN2O2W-. The summed E-state index contributed by atoms with van der Waals surface area (Å²) in [7, 11) is 0. The minimum absolute atomic E-state index is 0. The average Bonchev–Trinajstić information content (AvgIpc) is 2.99. The van der Waals surface area contributed by atoms with E-state index in [1.54, 1.807) is 6.07 Å². The smallest absolute Gasteiger partial charge is 0.270 e. The maximum atomic E-state index is 12.9. The van der Waals surface area contributed by atoms with E-state index in [-0.39, 0.29) is 32.9 Å². The molecule has 0 radical (unpaired) electrons. The molecule has 0 spiro atoms. The van der Waals surface area contributed by atoms with Gasteiger partial charge in [-0.1, -0.05) is 82.1 Å². The standard InChI is InChI=1S/C20H18ClN2O2.2C2H6.W/c1-14-13-16(15-7-3-2-4-8-15)9-10-17(14)20(21)18(24)22-11-5-6-12-23(22)19(20)25;2*1-2;/h2-4,7-9,13H,5-6,11-12H2,1H3;2*1-2H3;/q-1;;;. The van der Waals surface area contributed by atoms with Gasteiger partial charge in [-0.3, -0.25) is 9.59 Å². The predicted octanol–water partition coefficient (Wildman–Crippen LogP) is 5.33. The van der Waals surface area contributed by atoms with Gasteiger partial charge in [-0.25, -0.2) is 10.0 Å². The van der Waals surface area contributed by atoms with Crippen molar-refractivity contribution in [1.29, 1.82) is 0 Å². The molecule has 0 unspecified atom stereocenters. The van der Waals surface area contributed by atoms with Crippen molar-refractivity contribution in [3.8, 4) is 11.1 Å². The van der Waals surface area contributed by atoms with Gasteiger partial charge in [0, 0.05) is 34.2 Å². The van der Waals surface area contributed by atoms with E-state index in [1.807, 2.05) is 71.0 Å². The van der Waals surface area contributed by atoms with Crippen molar-refractivity contribution in [2.24, 2.45) is 0 Å². The number of hydrazine groups is 1. The SMILES string of the molecule is CC.CC.Cc1cc(-c2ccccc2)c[c-]c1C1(Cl)C(=O)N2CCCCN2C1=O.[W]. The summed E-state index contributed by atoms with van der Waals surface area (Å²) in [6.07, 6.45) is 1.77. The number of rotatable bonds is 2. The van der Waals surface area contributed by atoms with Gasteiger partial charge in [-0.2, -0.15) is 23.8 Å². The van der Waals surface area contributed by atoms with Crippen molar-refractivity contribution in [1.82, 2.24) is 10.0 Å². The van der Waals surface area contributed by atoms with E-state index in [1.165, 1.54) is 10.0 Å². The number of amides is 2. The molecule has 0 aromatic heterocycles. The van der Waals surface area contributed by atoms with Crippen LogP contribution in [0.25, 0.3) is 11.1 Å². The van der Waals surface area contributed by atoms with Crippen LogP contribution >= 0.6 is 11.6 Å². The van der Waals surface area contributed by atoms with Gasteiger partial charge >= 0.3 is 0 Å². The summed E-state index contributed by atoms with van der Waals surface area (Å²) in [5, 5.41) is 2.99. The Hall–Kier alpha value is -1.64. The zero-order chi connectivity index (χ0) is 21.6. The zero-order valence-electron chi connectivity index (χ0n) is 18.4. The summed E-state index contributed by atoms with van der Waals surface area (Å²) < 4.78 is 0. The molecule has 4 nitrogen and oxygen atoms in total. The van der Waals surface area contributed by atoms with E-state index in [4.69, 9.17) is 11.6 Å². The maximum Gasteiger partial charge on any atom is 0.274 e. The summed E-state index contributed by atoms with van der Waals surface area (Å²) in [5.74, 6) is -0.712. The molecule has 2 heterocycles. The van der Waals surface area contributed by atoms with Gasteiger partial charge in [0.1, 0.15) is 0 Å². The van der Waals surface area contributed by atoms with Crippen LogP contribution in [0.5, 0.6) is 0 Å². The van der Waals surface area contributed by atoms with Crippen LogP contribution in [-0.2, 0) is 35.5 Å². The summed E-state index contributed by atoms with van der Waals surface area (Å²) in [6.45, 7) is 11.0. The molecule has 0 saturated carbocycles. The number of nitrogens with zero attached hydrogens (tertiary/aromatic N) is 2. The second-order valence-corrected chi connectivity index (χ2v) is 7.10. The monoisotopic (exact) mass is 597 g/mol. The van der Waals surface area contributed by atoms with Crippen LogP contribution in [0.4, 0.5) is 0 Å². The molecule has 6 heteroatoms. The Labute approximate surface area is 199 Å². The van der Waals surface area contributed by atoms with E-state index in [0.29, 0.717) is 18.7 Å². The minimum atomic E-state index is -1.69. The third kappa shape index (κ3) is 4.65. The fraction of sp³-hybridized carbons (Fsp3) is 0.417. The number of benzene rings is 2. The van der Waals surface area contributed by atoms with Crippen molar-refractivity contribution in [2.45, 2.75) is 52.3 Å². The van der Waals surface area contributed by atoms with Crippen molar-refractivity contribution >= 4 is 23.4 Å². The first-order chi connectivity index (χ1) is 14.0. The molecular weight excluding hydrogens is 568 g/mol. The molecule has 2 aliphatic heterocycles. The van der Waals surface area contributed by atoms with E-state index in [9.17, 15) is 9.59 Å². The summed E-state index contributed by atoms with van der Waals surface area (Å²) in [4.78, 5) is 24.1. The first-order valence-electron chi connectivity index (χ1n) is 10.4. The second-order valence-electron chi connectivity index (χ2n) is 6.53. The van der Waals surface area contributed by atoms with Crippen LogP contribution in [-0.4, -0.2) is 34.9 Å². The Balaban J connectivity index is 0.000000851. The van der Waals surface area contributed by atoms with Crippen molar-refractivity contribution in [3.63, 3.8) is 0 Å². The molecule has 2 fully saturated rings. The van der Waals surface area contributed by atoms with E-state index >= 15 is 0 Å². The number of halogens is 1. The minimum Gasteiger partial charge on any atom is -0.270 e. The Morgan fingerprint density at radius 2 is 1.40 bits per heavy atom. The van der Waals surface area contributed by atoms with Crippen molar-refractivity contribution < 1.29 is 30.7 Å². The van der Waals surface area contributed by atoms with Gasteiger partial charge in [-0.05, 0) is 12.8 Å². The number of alkyl halides is 1. The van der Waals surface area contributed by atoms with Gasteiger partial charge < -0.3 is 0 Å². The van der Waals surface area contributed by atoms with Crippen LogP contribution in [0.3, 0.4) is 0 Å². The van der Waals surface area contributed by atoms with Crippen LogP contribution in [0, 0.1) is 13.0 Å². The van der Waals surface area contributed by atoms with Gasteiger partial charge in [0.15, 0.2) is 0 Å². The zero-order valence-corrected chi connectivity index (χ0v) is 22.1. The van der Waals surface area contributed by atoms with Crippen LogP contribution in [0.1, 0.15) is 51.7 Å². The van der Waals surface area contributed by atoms with Crippen molar-refractivity contribution in [3.05, 3.63) is 59.7 Å². The van der Waals surface area contributed by atoms with E-state index in [2.05, 4.69) is 6.07 Å². The van der Waals surface area contributed by atoms with E-state index < -0.39 is 4.87 Å². The van der Waals surface area contributed by atoms with Gasteiger partial charge in [0.2, 0.25) is 4.87 Å². The molecule has 30 heavy (non-hydrogen) atoms. The molecule has 162 valence electrons. The van der Waals surface area contributed by atoms with Crippen LogP contribution < -0.4 is 0 Å². The summed E-state index contributed by atoms with van der Waals surface area (Å²) in [6, 6.07) is 16.8. The van der Waals surface area contributed by atoms with Gasteiger partial charge in [0.05, 0.1) is 0 Å². The van der Waals surface area contributed by atoms with E-state index in [0.717, 1.165) is 29.5 Å². The molecule has 2 aromatic rings. The Kier molecular flexibility index (Phi) is 10.3. The molecule has 2 saturated heterocycles. The molecule has 0 bridgehead atoms. The molecule has 0 aliphatic carbocycles. The second kappa shape index (κ2) is 11.7. The third-order valence-electron chi connectivity index (χ3n) is 4.93. The number of hydrogen-bond acceptors (Lipinski definition) is 2. The quantitative estimate of drug-likeness (QED) is 0.267. The first-order valence-corrected chi connectivity index (χ1v) is 10.8. The molecule has 2 aliphatic rings. The number of carbonyl (C=O) groups excluding carboxylic acids is 2. The molecule has 0 atom stereocenters. The Morgan fingerprint density at radius 3 is 1.87 bits per heavy atom. The maximum absolute atomic E-state index is 12.9. The predicted molar refractivity (Wildman–Crippen MR) is 118 cm³/mol. The molecule has 4 rings (SSSR count). The molecule has 0 N–H and O–H groups in total. The molecule has 2 aromatic carbocycles. The fourth-order valence-corrected chi connectivity index (χ4v) is 4.03. The van der Waals surface area contributed by atoms with Crippen LogP contribution in [0.15, 0.2) is 42.5 Å². The number of hydrogen-bond donors (Lipinski definition) is 0. The third-order valence-corrected chi connectivity index (χ3v) is 5.44. The Morgan fingerprint density at radius 1 is 0.900 bits per heavy atom. The average molecular weight is 598 g/mol. The topological polar surface area (TPSA) is 40.6 Å². The summed E-state index contributed by atoms with van der Waals surface area (Å²) >= 11 is 6.66. The van der Waals surface area contributed by atoms with Crippen molar-refractivity contribution in [2.75, 3.05) is 13.1 Å². The Bertz CT molecular complexity index is 834.